The molecular formula is C9H18F2. The zero-order chi connectivity index (χ0) is 8.69. The molecule has 0 amide bonds. The summed E-state index contributed by atoms with van der Waals surface area (Å²) in [6.07, 6.45) is 1.98. The van der Waals surface area contributed by atoms with E-state index >= 15 is 0 Å². The largest absolute Gasteiger partial charge is 0.245 e. The first-order chi connectivity index (χ1) is 5.18. The Kier molecular flexibility index (Phi) is 6.48. The highest BCUT2D eigenvalue weighted by atomic mass is 19.2. The molecule has 2 atom stereocenters. The van der Waals surface area contributed by atoms with Gasteiger partial charge in [-0.3, -0.25) is 0 Å². The van der Waals surface area contributed by atoms with Gasteiger partial charge in [-0.25, -0.2) is 8.78 Å². The van der Waals surface area contributed by atoms with Crippen molar-refractivity contribution < 1.29 is 8.78 Å². The molecule has 0 saturated heterocycles. The van der Waals surface area contributed by atoms with Crippen LogP contribution in [0.4, 0.5) is 8.78 Å². The van der Waals surface area contributed by atoms with Crippen molar-refractivity contribution in [2.45, 2.75) is 58.3 Å². The summed E-state index contributed by atoms with van der Waals surface area (Å²) in [4.78, 5) is 0. The lowest BCUT2D eigenvalue weighted by atomic mass is 10.1. The molecule has 11 heavy (non-hydrogen) atoms. The Balaban J connectivity index is 3.10. The molecule has 0 aliphatic heterocycles. The first-order valence-corrected chi connectivity index (χ1v) is 4.46. The maximum absolute atomic E-state index is 12.6. The molecule has 0 aliphatic carbocycles. The first kappa shape index (κ1) is 10.9. The van der Waals surface area contributed by atoms with Crippen molar-refractivity contribution in [3.05, 3.63) is 0 Å². The van der Waals surface area contributed by atoms with E-state index in [1.165, 1.54) is 6.92 Å². The Morgan fingerprint density at radius 1 is 1.09 bits per heavy atom. The summed E-state index contributed by atoms with van der Waals surface area (Å²) < 4.78 is 24.8. The zero-order valence-corrected chi connectivity index (χ0v) is 7.45. The third kappa shape index (κ3) is 6.27. The van der Waals surface area contributed by atoms with Gasteiger partial charge in [-0.1, -0.05) is 32.6 Å². The molecule has 68 valence electrons. The van der Waals surface area contributed by atoms with Crippen molar-refractivity contribution in [1.82, 2.24) is 0 Å². The number of alkyl halides is 2. The fourth-order valence-corrected chi connectivity index (χ4v) is 0.996. The number of hydrogen-bond acceptors (Lipinski definition) is 0. The van der Waals surface area contributed by atoms with Gasteiger partial charge in [0.25, 0.3) is 0 Å². The van der Waals surface area contributed by atoms with Gasteiger partial charge < -0.3 is 0 Å². The van der Waals surface area contributed by atoms with Crippen LogP contribution in [-0.4, -0.2) is 12.3 Å². The van der Waals surface area contributed by atoms with Gasteiger partial charge in [0, 0.05) is 0 Å². The molecule has 0 aliphatic rings. The van der Waals surface area contributed by atoms with E-state index in [1.807, 2.05) is 0 Å². The van der Waals surface area contributed by atoms with Gasteiger partial charge in [-0.05, 0) is 13.3 Å². The van der Waals surface area contributed by atoms with Gasteiger partial charge in [0.2, 0.25) is 0 Å². The minimum atomic E-state index is -1.29. The summed E-state index contributed by atoms with van der Waals surface area (Å²) in [5, 5.41) is 0. The Bertz CT molecular complexity index is 81.6. The Labute approximate surface area is 68.0 Å². The molecule has 0 nitrogen and oxygen atoms in total. The SMILES string of the molecule is CCCCCCC(F)C(C)F. The first-order valence-electron chi connectivity index (χ1n) is 4.46. The minimum absolute atomic E-state index is 0.387. The predicted molar refractivity (Wildman–Crippen MR) is 44.2 cm³/mol. The highest BCUT2D eigenvalue weighted by Gasteiger charge is 2.13. The third-order valence-corrected chi connectivity index (χ3v) is 1.83. The monoisotopic (exact) mass is 164 g/mol. The molecule has 0 aromatic heterocycles. The van der Waals surface area contributed by atoms with Crippen LogP contribution in [0.3, 0.4) is 0 Å². The van der Waals surface area contributed by atoms with Crippen LogP contribution in [0.15, 0.2) is 0 Å². The lowest BCUT2D eigenvalue weighted by molar-refractivity contribution is 0.169. The van der Waals surface area contributed by atoms with E-state index in [-0.39, 0.29) is 0 Å². The van der Waals surface area contributed by atoms with Crippen molar-refractivity contribution in [1.29, 1.82) is 0 Å². The number of unbranched alkanes of at least 4 members (excludes halogenated alkanes) is 3. The molecule has 2 heteroatoms. The molecular weight excluding hydrogens is 146 g/mol. The van der Waals surface area contributed by atoms with Crippen LogP contribution in [0.25, 0.3) is 0 Å². The second-order valence-corrected chi connectivity index (χ2v) is 3.04. The molecule has 0 saturated carbocycles. The second kappa shape index (κ2) is 6.56. The van der Waals surface area contributed by atoms with Crippen LogP contribution in [0, 0.1) is 0 Å². The Morgan fingerprint density at radius 2 is 1.73 bits per heavy atom. The van der Waals surface area contributed by atoms with Crippen molar-refractivity contribution in [2.75, 3.05) is 0 Å². The van der Waals surface area contributed by atoms with E-state index in [0.29, 0.717) is 6.42 Å². The molecule has 0 rings (SSSR count). The minimum Gasteiger partial charge on any atom is -0.245 e. The molecule has 2 unspecified atom stereocenters. The van der Waals surface area contributed by atoms with Gasteiger partial charge in [0.1, 0.15) is 12.3 Å². The van der Waals surface area contributed by atoms with E-state index in [9.17, 15) is 8.78 Å². The molecule has 0 fully saturated rings. The smallest absolute Gasteiger partial charge is 0.131 e. The van der Waals surface area contributed by atoms with Crippen LogP contribution in [-0.2, 0) is 0 Å². The summed E-state index contributed by atoms with van der Waals surface area (Å²) in [5.41, 5.74) is 0. The molecule has 0 radical (unpaired) electrons. The lowest BCUT2D eigenvalue weighted by Crippen LogP contribution is -2.12. The molecule has 0 N–H and O–H groups in total. The quantitative estimate of drug-likeness (QED) is 0.525. The van der Waals surface area contributed by atoms with Crippen molar-refractivity contribution in [3.63, 3.8) is 0 Å². The summed E-state index contributed by atoms with van der Waals surface area (Å²) in [5.74, 6) is 0. The highest BCUT2D eigenvalue weighted by molar-refractivity contribution is 4.62. The van der Waals surface area contributed by atoms with Crippen molar-refractivity contribution in [2.24, 2.45) is 0 Å². The molecule has 0 heterocycles. The van der Waals surface area contributed by atoms with Gasteiger partial charge in [0.15, 0.2) is 0 Å². The summed E-state index contributed by atoms with van der Waals surface area (Å²) in [6.45, 7) is 3.38. The molecule has 0 bridgehead atoms. The van der Waals surface area contributed by atoms with Crippen LogP contribution in [0.2, 0.25) is 0 Å². The van der Waals surface area contributed by atoms with Crippen LogP contribution in [0.1, 0.15) is 46.0 Å². The fraction of sp³-hybridized carbons (Fsp3) is 1.00. The zero-order valence-electron chi connectivity index (χ0n) is 7.45. The number of hydrogen-bond donors (Lipinski definition) is 0. The standard InChI is InChI=1S/C9H18F2/c1-3-4-5-6-7-9(11)8(2)10/h8-9H,3-7H2,1-2H3. The summed E-state index contributed by atoms with van der Waals surface area (Å²) >= 11 is 0. The molecule has 0 aromatic rings. The van der Waals surface area contributed by atoms with Crippen LogP contribution in [0.5, 0.6) is 0 Å². The maximum Gasteiger partial charge on any atom is 0.131 e. The van der Waals surface area contributed by atoms with Gasteiger partial charge in [0.05, 0.1) is 0 Å². The normalized spacial score (nSPS) is 16.4. The van der Waals surface area contributed by atoms with Gasteiger partial charge in [-0.15, -0.1) is 0 Å². The van der Waals surface area contributed by atoms with Crippen LogP contribution >= 0.6 is 0 Å². The molecule has 0 spiro atoms. The Hall–Kier alpha value is -0.140. The van der Waals surface area contributed by atoms with Crippen molar-refractivity contribution in [3.8, 4) is 0 Å². The maximum atomic E-state index is 12.6. The Morgan fingerprint density at radius 3 is 2.18 bits per heavy atom. The number of halogens is 2. The van der Waals surface area contributed by atoms with E-state index in [0.717, 1.165) is 25.7 Å². The van der Waals surface area contributed by atoms with Crippen LogP contribution < -0.4 is 0 Å². The van der Waals surface area contributed by atoms with Gasteiger partial charge >= 0.3 is 0 Å². The fourth-order valence-electron chi connectivity index (χ4n) is 0.996. The highest BCUT2D eigenvalue weighted by Crippen LogP contribution is 2.12. The van der Waals surface area contributed by atoms with E-state index in [1.54, 1.807) is 0 Å². The van der Waals surface area contributed by atoms with Crippen molar-refractivity contribution >= 4 is 0 Å². The number of rotatable bonds is 6. The van der Waals surface area contributed by atoms with Gasteiger partial charge in [-0.2, -0.15) is 0 Å². The predicted octanol–water partition coefficient (Wildman–Crippen LogP) is 3.65. The second-order valence-electron chi connectivity index (χ2n) is 3.04. The van der Waals surface area contributed by atoms with E-state index in [2.05, 4.69) is 6.92 Å². The van der Waals surface area contributed by atoms with E-state index < -0.39 is 12.3 Å². The summed E-state index contributed by atoms with van der Waals surface area (Å²) in [7, 11) is 0. The summed E-state index contributed by atoms with van der Waals surface area (Å²) in [6, 6.07) is 0. The average molecular weight is 164 g/mol. The molecule has 0 aromatic carbocycles. The lowest BCUT2D eigenvalue weighted by Gasteiger charge is -2.07. The third-order valence-electron chi connectivity index (χ3n) is 1.83. The van der Waals surface area contributed by atoms with E-state index in [4.69, 9.17) is 0 Å². The average Bonchev–Trinajstić information content (AvgIpc) is 1.97. The topological polar surface area (TPSA) is 0 Å².